The normalized spacial score (nSPS) is 12.1. The number of azo groups is 1. The topological polar surface area (TPSA) is 171 Å². The highest BCUT2D eigenvalue weighted by Crippen LogP contribution is 2.36. The molecular formula is C16H16N12O2. The van der Waals surface area contributed by atoms with Gasteiger partial charge in [0.1, 0.15) is 5.82 Å². The number of nitrogens with one attached hydrogen (secondary N) is 3. The average molecular weight is 408 g/mol. The van der Waals surface area contributed by atoms with Crippen LogP contribution in [0.25, 0.3) is 16.4 Å². The van der Waals surface area contributed by atoms with E-state index in [0.29, 0.717) is 17.2 Å². The summed E-state index contributed by atoms with van der Waals surface area (Å²) >= 11 is 0. The van der Waals surface area contributed by atoms with Crippen molar-refractivity contribution in [3.05, 3.63) is 50.1 Å². The number of hydrogen-bond acceptors (Lipinski definition) is 8. The number of aromatic nitrogens is 9. The molecular weight excluding hydrogens is 392 g/mol. The maximum Gasteiger partial charge on any atom is 0.352 e. The predicted octanol–water partition coefficient (Wildman–Crippen LogP) is 1.59. The lowest BCUT2D eigenvalue weighted by Gasteiger charge is -2.16. The SMILES string of the molecule is [C-]#[N+]c1cnn(-c2nc(=O)[nH]c(=O)[nH]2)c1N=Nc1c(C(C)(C)C)[nH]n2c(C)nnc12. The van der Waals surface area contributed by atoms with Crippen molar-refractivity contribution in [1.82, 2.24) is 44.5 Å². The molecule has 3 N–H and O–H groups in total. The quantitative estimate of drug-likeness (QED) is 0.343. The molecule has 0 bridgehead atoms. The van der Waals surface area contributed by atoms with Crippen LogP contribution in [0.4, 0.5) is 17.2 Å². The number of hydrogen-bond donors (Lipinski definition) is 3. The van der Waals surface area contributed by atoms with Crippen LogP contribution in [0.1, 0.15) is 32.3 Å². The first-order valence-corrected chi connectivity index (χ1v) is 8.71. The number of aromatic amines is 3. The Bertz CT molecular complexity index is 1420. The van der Waals surface area contributed by atoms with Gasteiger partial charge in [-0.05, 0) is 6.92 Å². The standard InChI is InChI=1S/C16H16N12O2/c1-7-22-25-12-9(10(16(2,3)4)26-27(7)12)23-24-11-8(17-5)6-18-28(11)13-19-14(29)21-15(30)20-13/h6,26H,1-4H3,(H2,19,20,21,29,30). The molecule has 0 fully saturated rings. The minimum Gasteiger partial charge on any atom is -0.292 e. The van der Waals surface area contributed by atoms with E-state index in [1.165, 1.54) is 6.20 Å². The number of nitrogens with zero attached hydrogens (tertiary/aromatic N) is 9. The highest BCUT2D eigenvalue weighted by atomic mass is 16.2. The molecule has 30 heavy (non-hydrogen) atoms. The number of fused-ring (bicyclic) bond motifs is 1. The van der Waals surface area contributed by atoms with Crippen LogP contribution in [-0.2, 0) is 5.41 Å². The molecule has 0 radical (unpaired) electrons. The Labute approximate surface area is 167 Å². The Morgan fingerprint density at radius 2 is 1.93 bits per heavy atom. The molecule has 152 valence electrons. The lowest BCUT2D eigenvalue weighted by molar-refractivity contribution is 0.561. The van der Waals surface area contributed by atoms with E-state index < -0.39 is 11.4 Å². The van der Waals surface area contributed by atoms with Gasteiger partial charge in [0.2, 0.25) is 11.6 Å². The lowest BCUT2D eigenvalue weighted by atomic mass is 9.91. The van der Waals surface area contributed by atoms with Crippen LogP contribution in [0, 0.1) is 13.5 Å². The summed E-state index contributed by atoms with van der Waals surface area (Å²) in [5, 5.41) is 23.9. The summed E-state index contributed by atoms with van der Waals surface area (Å²) in [7, 11) is 0. The molecule has 0 saturated heterocycles. The molecule has 0 aliphatic carbocycles. The van der Waals surface area contributed by atoms with Crippen molar-refractivity contribution in [3.8, 4) is 5.95 Å². The van der Waals surface area contributed by atoms with Gasteiger partial charge >= 0.3 is 11.4 Å². The molecule has 0 unspecified atom stereocenters. The molecule has 14 heteroatoms. The van der Waals surface area contributed by atoms with Gasteiger partial charge in [0.25, 0.3) is 5.69 Å². The second-order valence-corrected chi connectivity index (χ2v) is 7.39. The van der Waals surface area contributed by atoms with Crippen molar-refractivity contribution in [2.24, 2.45) is 10.2 Å². The van der Waals surface area contributed by atoms with Crippen LogP contribution < -0.4 is 11.4 Å². The highest BCUT2D eigenvalue weighted by Gasteiger charge is 2.26. The Hall–Kier alpha value is -4.41. The van der Waals surface area contributed by atoms with E-state index in [-0.39, 0.29) is 22.9 Å². The maximum atomic E-state index is 11.6. The average Bonchev–Trinajstić information content (AvgIpc) is 3.33. The maximum absolute atomic E-state index is 11.6. The van der Waals surface area contributed by atoms with Gasteiger partial charge < -0.3 is 0 Å². The predicted molar refractivity (Wildman–Crippen MR) is 104 cm³/mol. The van der Waals surface area contributed by atoms with Gasteiger partial charge in [-0.25, -0.2) is 18.9 Å². The van der Waals surface area contributed by atoms with E-state index in [0.717, 1.165) is 10.4 Å². The van der Waals surface area contributed by atoms with E-state index in [1.807, 2.05) is 25.8 Å². The van der Waals surface area contributed by atoms with Crippen molar-refractivity contribution in [1.29, 1.82) is 0 Å². The summed E-state index contributed by atoms with van der Waals surface area (Å²) in [5.74, 6) is 0.449. The van der Waals surface area contributed by atoms with Crippen LogP contribution in [0.3, 0.4) is 0 Å². The summed E-state index contributed by atoms with van der Waals surface area (Å²) in [6.45, 7) is 15.1. The molecule has 4 heterocycles. The van der Waals surface area contributed by atoms with Crippen LogP contribution in [0.5, 0.6) is 0 Å². The zero-order valence-corrected chi connectivity index (χ0v) is 16.4. The molecule has 0 amide bonds. The first-order chi connectivity index (χ1) is 14.2. The molecule has 0 aliphatic heterocycles. The molecule has 4 rings (SSSR count). The zero-order chi connectivity index (χ0) is 21.6. The molecule has 0 atom stereocenters. The Kier molecular flexibility index (Phi) is 4.15. The fraction of sp³-hybridized carbons (Fsp3) is 0.312. The summed E-state index contributed by atoms with van der Waals surface area (Å²) in [5.41, 5.74) is -0.213. The van der Waals surface area contributed by atoms with Crippen molar-refractivity contribution >= 4 is 22.8 Å². The van der Waals surface area contributed by atoms with Gasteiger partial charge in [-0.3, -0.25) is 15.1 Å². The van der Waals surface area contributed by atoms with Crippen LogP contribution in [0.2, 0.25) is 0 Å². The van der Waals surface area contributed by atoms with Crippen molar-refractivity contribution in [2.45, 2.75) is 33.1 Å². The third-order valence-corrected chi connectivity index (χ3v) is 4.19. The van der Waals surface area contributed by atoms with Gasteiger partial charge in [-0.1, -0.05) is 20.8 Å². The second kappa shape index (κ2) is 6.58. The fourth-order valence-electron chi connectivity index (χ4n) is 2.78. The van der Waals surface area contributed by atoms with Crippen LogP contribution >= 0.6 is 0 Å². The Morgan fingerprint density at radius 1 is 1.17 bits per heavy atom. The Balaban J connectivity index is 1.90. The summed E-state index contributed by atoms with van der Waals surface area (Å²) < 4.78 is 2.75. The Morgan fingerprint density at radius 3 is 2.60 bits per heavy atom. The van der Waals surface area contributed by atoms with Crippen molar-refractivity contribution in [3.63, 3.8) is 0 Å². The monoisotopic (exact) mass is 408 g/mol. The van der Waals surface area contributed by atoms with Gasteiger partial charge in [0.15, 0.2) is 11.5 Å². The highest BCUT2D eigenvalue weighted by molar-refractivity contribution is 5.69. The number of H-pyrrole nitrogens is 3. The van der Waals surface area contributed by atoms with Gasteiger partial charge in [0, 0.05) is 5.41 Å². The molecule has 4 aromatic rings. The molecule has 14 nitrogen and oxygen atoms in total. The summed E-state index contributed by atoms with van der Waals surface area (Å²) in [4.78, 5) is 34.5. The van der Waals surface area contributed by atoms with Crippen molar-refractivity contribution < 1.29 is 0 Å². The summed E-state index contributed by atoms with van der Waals surface area (Å²) in [6, 6.07) is 0. The van der Waals surface area contributed by atoms with E-state index in [2.05, 4.69) is 45.4 Å². The minimum atomic E-state index is -0.863. The van der Waals surface area contributed by atoms with E-state index >= 15 is 0 Å². The number of aryl methyl sites for hydroxylation is 1. The molecule has 0 saturated carbocycles. The number of rotatable bonds is 3. The lowest BCUT2D eigenvalue weighted by Crippen LogP contribution is -2.27. The third kappa shape index (κ3) is 3.07. The first kappa shape index (κ1) is 18.9. The van der Waals surface area contributed by atoms with Gasteiger partial charge in [0.05, 0.1) is 18.5 Å². The van der Waals surface area contributed by atoms with Crippen LogP contribution in [-0.4, -0.2) is 44.5 Å². The zero-order valence-electron chi connectivity index (χ0n) is 16.4. The molecule has 0 aromatic carbocycles. The van der Waals surface area contributed by atoms with Crippen molar-refractivity contribution in [2.75, 3.05) is 0 Å². The summed E-state index contributed by atoms with van der Waals surface area (Å²) in [6.07, 6.45) is 1.24. The molecule has 0 aliphatic rings. The first-order valence-electron chi connectivity index (χ1n) is 8.71. The van der Waals surface area contributed by atoms with Crippen LogP contribution in [0.15, 0.2) is 26.0 Å². The van der Waals surface area contributed by atoms with Gasteiger partial charge in [-0.15, -0.1) is 20.4 Å². The van der Waals surface area contributed by atoms with E-state index in [4.69, 9.17) is 6.57 Å². The second-order valence-electron chi connectivity index (χ2n) is 7.39. The molecule has 4 aromatic heterocycles. The van der Waals surface area contributed by atoms with Gasteiger partial charge in [-0.2, -0.15) is 14.8 Å². The fourth-order valence-corrected chi connectivity index (χ4v) is 2.78. The van der Waals surface area contributed by atoms with E-state index in [1.54, 1.807) is 11.4 Å². The van der Waals surface area contributed by atoms with E-state index in [9.17, 15) is 9.59 Å². The molecule has 0 spiro atoms. The smallest absolute Gasteiger partial charge is 0.292 e. The minimum absolute atomic E-state index is 0.00537. The largest absolute Gasteiger partial charge is 0.352 e. The third-order valence-electron chi connectivity index (χ3n) is 4.19.